The van der Waals surface area contributed by atoms with E-state index in [1.54, 1.807) is 18.2 Å². The number of aliphatic hydroxyl groups is 1. The molecule has 17 heavy (non-hydrogen) atoms. The second-order valence-corrected chi connectivity index (χ2v) is 3.91. The highest BCUT2D eigenvalue weighted by molar-refractivity contribution is 6.33. The second kappa shape index (κ2) is 6.27. The van der Waals surface area contributed by atoms with Crippen molar-refractivity contribution in [3.05, 3.63) is 41.4 Å². The highest BCUT2D eigenvalue weighted by Crippen LogP contribution is 2.20. The van der Waals surface area contributed by atoms with Gasteiger partial charge in [-0.25, -0.2) is 0 Å². The van der Waals surface area contributed by atoms with Crippen LogP contribution in [-0.2, 0) is 0 Å². The van der Waals surface area contributed by atoms with Crippen molar-refractivity contribution in [2.45, 2.75) is 0 Å². The van der Waals surface area contributed by atoms with Gasteiger partial charge in [-0.05, 0) is 18.2 Å². The van der Waals surface area contributed by atoms with Crippen molar-refractivity contribution in [1.82, 2.24) is 4.90 Å². The number of anilines is 1. The van der Waals surface area contributed by atoms with Crippen LogP contribution in [0.1, 0.15) is 10.4 Å². The lowest BCUT2D eigenvalue weighted by Crippen LogP contribution is -2.33. The van der Waals surface area contributed by atoms with Crippen LogP contribution in [0.25, 0.3) is 0 Å². The number of benzene rings is 1. The highest BCUT2D eigenvalue weighted by atomic mass is 35.5. The minimum Gasteiger partial charge on any atom is -0.398 e. The molecule has 4 nitrogen and oxygen atoms in total. The minimum absolute atomic E-state index is 0.0946. The summed E-state index contributed by atoms with van der Waals surface area (Å²) in [5.74, 6) is -0.206. The van der Waals surface area contributed by atoms with Gasteiger partial charge in [0, 0.05) is 18.7 Å². The van der Waals surface area contributed by atoms with E-state index in [2.05, 4.69) is 6.58 Å². The summed E-state index contributed by atoms with van der Waals surface area (Å²) in [5, 5.41) is 9.30. The molecule has 92 valence electrons. The summed E-state index contributed by atoms with van der Waals surface area (Å²) >= 11 is 5.78. The van der Waals surface area contributed by atoms with Crippen LogP contribution in [0.5, 0.6) is 0 Å². The molecule has 0 fully saturated rings. The number of carbonyl (C=O) groups excluding carboxylic acids is 1. The summed E-state index contributed by atoms with van der Waals surface area (Å²) < 4.78 is 0. The second-order valence-electron chi connectivity index (χ2n) is 3.50. The summed E-state index contributed by atoms with van der Waals surface area (Å²) in [4.78, 5) is 13.5. The summed E-state index contributed by atoms with van der Waals surface area (Å²) in [6, 6.07) is 4.71. The Balaban J connectivity index is 2.92. The smallest absolute Gasteiger partial charge is 0.254 e. The fourth-order valence-corrected chi connectivity index (χ4v) is 1.53. The lowest BCUT2D eigenvalue weighted by atomic mass is 10.1. The zero-order valence-corrected chi connectivity index (χ0v) is 10.2. The van der Waals surface area contributed by atoms with Gasteiger partial charge >= 0.3 is 0 Å². The van der Waals surface area contributed by atoms with E-state index < -0.39 is 0 Å². The molecule has 3 N–H and O–H groups in total. The van der Waals surface area contributed by atoms with Gasteiger partial charge in [-0.3, -0.25) is 4.79 Å². The van der Waals surface area contributed by atoms with Gasteiger partial charge in [0.2, 0.25) is 0 Å². The molecule has 0 heterocycles. The number of nitrogens with zero attached hydrogens (tertiary/aromatic N) is 1. The standard InChI is InChI=1S/C12H15ClN2O2/c1-2-5-15(6-7-16)12(17)9-3-4-10(13)11(14)8-9/h2-4,8,16H,1,5-7,14H2. The van der Waals surface area contributed by atoms with E-state index in [1.807, 2.05) is 0 Å². The predicted molar refractivity (Wildman–Crippen MR) is 69.1 cm³/mol. The Morgan fingerprint density at radius 1 is 1.59 bits per heavy atom. The van der Waals surface area contributed by atoms with Crippen molar-refractivity contribution >= 4 is 23.2 Å². The molecule has 0 aliphatic carbocycles. The normalized spacial score (nSPS) is 10.0. The van der Waals surface area contributed by atoms with Gasteiger partial charge in [0.25, 0.3) is 5.91 Å². The van der Waals surface area contributed by atoms with E-state index in [1.165, 1.54) is 11.0 Å². The average molecular weight is 255 g/mol. The van der Waals surface area contributed by atoms with Crippen molar-refractivity contribution in [2.24, 2.45) is 0 Å². The zero-order chi connectivity index (χ0) is 12.8. The monoisotopic (exact) mass is 254 g/mol. The van der Waals surface area contributed by atoms with E-state index in [0.29, 0.717) is 22.8 Å². The number of halogens is 1. The van der Waals surface area contributed by atoms with E-state index in [9.17, 15) is 4.79 Å². The first-order valence-corrected chi connectivity index (χ1v) is 5.54. The molecule has 0 aliphatic rings. The molecule has 1 aromatic carbocycles. The quantitative estimate of drug-likeness (QED) is 0.619. The molecule has 0 saturated heterocycles. The first-order chi connectivity index (χ1) is 8.10. The molecular formula is C12H15ClN2O2. The van der Waals surface area contributed by atoms with Gasteiger partial charge in [0.05, 0.1) is 17.3 Å². The minimum atomic E-state index is -0.206. The summed E-state index contributed by atoms with van der Waals surface area (Å²) in [5.41, 5.74) is 6.44. The summed E-state index contributed by atoms with van der Waals surface area (Å²) in [7, 11) is 0. The zero-order valence-electron chi connectivity index (χ0n) is 9.40. The van der Waals surface area contributed by atoms with Gasteiger partial charge in [0.1, 0.15) is 0 Å². The average Bonchev–Trinajstić information content (AvgIpc) is 2.31. The molecule has 0 radical (unpaired) electrons. The summed E-state index contributed by atoms with van der Waals surface area (Å²) in [6.07, 6.45) is 1.60. The Morgan fingerprint density at radius 2 is 2.29 bits per heavy atom. The Morgan fingerprint density at radius 3 is 2.82 bits per heavy atom. The van der Waals surface area contributed by atoms with Crippen LogP contribution >= 0.6 is 11.6 Å². The van der Waals surface area contributed by atoms with Crippen LogP contribution in [0.15, 0.2) is 30.9 Å². The van der Waals surface area contributed by atoms with E-state index in [0.717, 1.165) is 0 Å². The Labute approximate surface area is 105 Å². The Kier molecular flexibility index (Phi) is 5.00. The number of hydrogen-bond donors (Lipinski definition) is 2. The number of nitrogen functional groups attached to an aromatic ring is 1. The van der Waals surface area contributed by atoms with Gasteiger partial charge in [-0.1, -0.05) is 17.7 Å². The van der Waals surface area contributed by atoms with Crippen LogP contribution in [0.4, 0.5) is 5.69 Å². The maximum atomic E-state index is 12.1. The SMILES string of the molecule is C=CCN(CCO)C(=O)c1ccc(Cl)c(N)c1. The molecule has 1 amide bonds. The Hall–Kier alpha value is -1.52. The van der Waals surface area contributed by atoms with Crippen LogP contribution < -0.4 is 5.73 Å². The van der Waals surface area contributed by atoms with Crippen LogP contribution in [-0.4, -0.2) is 35.6 Å². The molecule has 0 atom stereocenters. The molecule has 5 heteroatoms. The molecule has 0 aromatic heterocycles. The van der Waals surface area contributed by atoms with Crippen LogP contribution in [0.2, 0.25) is 5.02 Å². The van der Waals surface area contributed by atoms with Crippen molar-refractivity contribution in [3.63, 3.8) is 0 Å². The Bertz CT molecular complexity index is 421. The molecule has 1 aromatic rings. The van der Waals surface area contributed by atoms with E-state index in [-0.39, 0.29) is 19.1 Å². The molecule has 0 bridgehead atoms. The lowest BCUT2D eigenvalue weighted by Gasteiger charge is -2.20. The van der Waals surface area contributed by atoms with Gasteiger partial charge < -0.3 is 15.7 Å². The molecular weight excluding hydrogens is 240 g/mol. The topological polar surface area (TPSA) is 66.6 Å². The molecule has 0 unspecified atom stereocenters. The fraction of sp³-hybridized carbons (Fsp3) is 0.250. The number of hydrogen-bond acceptors (Lipinski definition) is 3. The maximum absolute atomic E-state index is 12.1. The number of amides is 1. The molecule has 0 aliphatic heterocycles. The fourth-order valence-electron chi connectivity index (χ4n) is 1.41. The third kappa shape index (κ3) is 3.47. The van der Waals surface area contributed by atoms with Crippen LogP contribution in [0.3, 0.4) is 0 Å². The largest absolute Gasteiger partial charge is 0.398 e. The molecule has 1 rings (SSSR count). The van der Waals surface area contributed by atoms with Gasteiger partial charge in [-0.15, -0.1) is 6.58 Å². The van der Waals surface area contributed by atoms with Crippen LogP contribution in [0, 0.1) is 0 Å². The first kappa shape index (κ1) is 13.5. The lowest BCUT2D eigenvalue weighted by molar-refractivity contribution is 0.0743. The number of nitrogens with two attached hydrogens (primary N) is 1. The van der Waals surface area contributed by atoms with Gasteiger partial charge in [-0.2, -0.15) is 0 Å². The van der Waals surface area contributed by atoms with Crippen molar-refractivity contribution in [3.8, 4) is 0 Å². The predicted octanol–water partition coefficient (Wildman–Crippen LogP) is 1.54. The maximum Gasteiger partial charge on any atom is 0.254 e. The van der Waals surface area contributed by atoms with E-state index >= 15 is 0 Å². The van der Waals surface area contributed by atoms with Crippen molar-refractivity contribution < 1.29 is 9.90 Å². The third-order valence-corrected chi connectivity index (χ3v) is 2.59. The van der Waals surface area contributed by atoms with Crippen molar-refractivity contribution in [1.29, 1.82) is 0 Å². The van der Waals surface area contributed by atoms with E-state index in [4.69, 9.17) is 22.4 Å². The number of carbonyl (C=O) groups is 1. The van der Waals surface area contributed by atoms with Gasteiger partial charge in [0.15, 0.2) is 0 Å². The first-order valence-electron chi connectivity index (χ1n) is 5.16. The number of rotatable bonds is 5. The summed E-state index contributed by atoms with van der Waals surface area (Å²) in [6.45, 7) is 4.11. The van der Waals surface area contributed by atoms with Crippen molar-refractivity contribution in [2.75, 3.05) is 25.4 Å². The third-order valence-electron chi connectivity index (χ3n) is 2.25. The molecule has 0 saturated carbocycles. The highest BCUT2D eigenvalue weighted by Gasteiger charge is 2.14. The number of aliphatic hydroxyl groups excluding tert-OH is 1. The molecule has 0 spiro atoms.